The van der Waals surface area contributed by atoms with E-state index < -0.39 is 5.97 Å². The Kier molecular flexibility index (Phi) is 4.02. The third-order valence-corrected chi connectivity index (χ3v) is 3.51. The Bertz CT molecular complexity index is 713. The maximum Gasteiger partial charge on any atom is 0.305 e. The number of carbonyl (C=O) groups is 1. The summed E-state index contributed by atoms with van der Waals surface area (Å²) >= 11 is 0. The maximum absolute atomic E-state index is 12.0. The van der Waals surface area contributed by atoms with E-state index in [-0.39, 0.29) is 23.4 Å². The van der Waals surface area contributed by atoms with E-state index in [9.17, 15) is 9.59 Å². The molecule has 0 saturated heterocycles. The van der Waals surface area contributed by atoms with Gasteiger partial charge in [-0.05, 0) is 22.9 Å². The van der Waals surface area contributed by atoms with E-state index in [1.54, 1.807) is 6.07 Å². The number of benzene rings is 1. The summed E-state index contributed by atoms with van der Waals surface area (Å²) in [5.74, 6) is -0.328. The summed E-state index contributed by atoms with van der Waals surface area (Å²) in [5, 5.41) is 13.6. The van der Waals surface area contributed by atoms with E-state index >= 15 is 0 Å². The van der Waals surface area contributed by atoms with Crippen molar-refractivity contribution in [2.24, 2.45) is 5.41 Å². The average molecular weight is 288 g/mol. The highest BCUT2D eigenvalue weighted by molar-refractivity contribution is 5.83. The SMILES string of the molecule is CC(C)(C)C(CC(=O)O)Nc1cc2ccccc2c(=O)[nH]1. The van der Waals surface area contributed by atoms with E-state index in [2.05, 4.69) is 10.3 Å². The van der Waals surface area contributed by atoms with Crippen molar-refractivity contribution in [2.45, 2.75) is 33.2 Å². The molecule has 2 rings (SSSR count). The Hall–Kier alpha value is -2.30. The van der Waals surface area contributed by atoms with E-state index in [0.29, 0.717) is 11.2 Å². The minimum absolute atomic E-state index is 0.0155. The topological polar surface area (TPSA) is 82.2 Å². The van der Waals surface area contributed by atoms with Crippen LogP contribution < -0.4 is 10.9 Å². The van der Waals surface area contributed by atoms with Crippen molar-refractivity contribution in [3.63, 3.8) is 0 Å². The van der Waals surface area contributed by atoms with E-state index in [1.807, 2.05) is 45.0 Å². The zero-order valence-corrected chi connectivity index (χ0v) is 12.4. The standard InChI is InChI=1S/C16H20N2O3/c1-16(2,3)12(9-14(19)20)17-13-8-10-6-4-5-7-11(10)15(21)18-13/h4-8,12H,9H2,1-3H3,(H,19,20)(H2,17,18,21). The molecule has 0 amide bonds. The molecular formula is C16H20N2O3. The van der Waals surface area contributed by atoms with Crippen molar-refractivity contribution in [1.82, 2.24) is 4.98 Å². The quantitative estimate of drug-likeness (QED) is 0.808. The molecule has 3 N–H and O–H groups in total. The normalized spacial score (nSPS) is 13.1. The fourth-order valence-corrected chi connectivity index (χ4v) is 2.22. The number of anilines is 1. The van der Waals surface area contributed by atoms with Gasteiger partial charge in [0.1, 0.15) is 5.82 Å². The third-order valence-electron chi connectivity index (χ3n) is 3.51. The lowest BCUT2D eigenvalue weighted by atomic mass is 9.84. The molecule has 0 aliphatic carbocycles. The fourth-order valence-electron chi connectivity index (χ4n) is 2.22. The van der Waals surface area contributed by atoms with Crippen molar-refractivity contribution >= 4 is 22.6 Å². The molecule has 0 fully saturated rings. The lowest BCUT2D eigenvalue weighted by Gasteiger charge is -2.31. The largest absolute Gasteiger partial charge is 0.481 e. The van der Waals surface area contributed by atoms with Crippen molar-refractivity contribution in [2.75, 3.05) is 5.32 Å². The summed E-state index contributed by atoms with van der Waals surface area (Å²) in [5.41, 5.74) is -0.431. The van der Waals surface area contributed by atoms with Crippen LogP contribution in [-0.2, 0) is 4.79 Å². The highest BCUT2D eigenvalue weighted by Crippen LogP contribution is 2.25. The minimum Gasteiger partial charge on any atom is -0.481 e. The highest BCUT2D eigenvalue weighted by Gasteiger charge is 2.27. The van der Waals surface area contributed by atoms with Crippen LogP contribution >= 0.6 is 0 Å². The third kappa shape index (κ3) is 3.62. The van der Waals surface area contributed by atoms with Gasteiger partial charge in [-0.1, -0.05) is 39.0 Å². The smallest absolute Gasteiger partial charge is 0.305 e. The summed E-state index contributed by atoms with van der Waals surface area (Å²) < 4.78 is 0. The molecule has 2 aromatic rings. The predicted molar refractivity (Wildman–Crippen MR) is 83.7 cm³/mol. The van der Waals surface area contributed by atoms with Gasteiger partial charge in [-0.15, -0.1) is 0 Å². The Balaban J connectivity index is 2.37. The van der Waals surface area contributed by atoms with E-state index in [0.717, 1.165) is 5.39 Å². The van der Waals surface area contributed by atoms with Crippen LogP contribution in [0, 0.1) is 5.41 Å². The summed E-state index contributed by atoms with van der Waals surface area (Å²) in [6.07, 6.45) is -0.0155. The highest BCUT2D eigenvalue weighted by atomic mass is 16.4. The number of carboxylic acid groups (broad SMARTS) is 1. The second-order valence-corrected chi connectivity index (χ2v) is 6.26. The number of pyridine rings is 1. The molecule has 0 spiro atoms. The molecule has 0 bridgehead atoms. The van der Waals surface area contributed by atoms with Crippen LogP contribution in [0.2, 0.25) is 0 Å². The molecule has 1 atom stereocenters. The number of nitrogens with one attached hydrogen (secondary N) is 2. The van der Waals surface area contributed by atoms with Crippen LogP contribution in [0.15, 0.2) is 35.1 Å². The lowest BCUT2D eigenvalue weighted by molar-refractivity contribution is -0.137. The van der Waals surface area contributed by atoms with Crippen molar-refractivity contribution in [3.8, 4) is 0 Å². The molecule has 0 radical (unpaired) electrons. The average Bonchev–Trinajstić information content (AvgIpc) is 2.36. The van der Waals surface area contributed by atoms with Crippen LogP contribution in [0.4, 0.5) is 5.82 Å². The molecule has 112 valence electrons. The molecular weight excluding hydrogens is 268 g/mol. The first kappa shape index (κ1) is 15.1. The monoisotopic (exact) mass is 288 g/mol. The number of aromatic amines is 1. The first-order valence-corrected chi connectivity index (χ1v) is 6.88. The zero-order valence-electron chi connectivity index (χ0n) is 12.4. The molecule has 5 nitrogen and oxygen atoms in total. The second kappa shape index (κ2) is 5.60. The molecule has 0 aliphatic rings. The molecule has 1 unspecified atom stereocenters. The van der Waals surface area contributed by atoms with Crippen LogP contribution in [0.5, 0.6) is 0 Å². The molecule has 5 heteroatoms. The van der Waals surface area contributed by atoms with Crippen LogP contribution in [0.1, 0.15) is 27.2 Å². The van der Waals surface area contributed by atoms with Gasteiger partial charge in [-0.2, -0.15) is 0 Å². The van der Waals surface area contributed by atoms with Gasteiger partial charge < -0.3 is 15.4 Å². The number of carboxylic acids is 1. The molecule has 0 saturated carbocycles. The summed E-state index contributed by atoms with van der Waals surface area (Å²) in [4.78, 5) is 25.8. The minimum atomic E-state index is -0.870. The summed E-state index contributed by atoms with van der Waals surface area (Å²) in [6.45, 7) is 5.90. The first-order valence-electron chi connectivity index (χ1n) is 6.88. The van der Waals surface area contributed by atoms with Crippen LogP contribution in [0.3, 0.4) is 0 Å². The number of hydrogen-bond acceptors (Lipinski definition) is 3. The lowest BCUT2D eigenvalue weighted by Crippen LogP contribution is -2.36. The number of fused-ring (bicyclic) bond motifs is 1. The van der Waals surface area contributed by atoms with Crippen LogP contribution in [0.25, 0.3) is 10.8 Å². The van der Waals surface area contributed by atoms with Crippen molar-refractivity contribution in [3.05, 3.63) is 40.7 Å². The maximum atomic E-state index is 12.0. The Morgan fingerprint density at radius 2 is 2.00 bits per heavy atom. The second-order valence-electron chi connectivity index (χ2n) is 6.26. The number of H-pyrrole nitrogens is 1. The molecule has 1 aromatic carbocycles. The van der Waals surface area contributed by atoms with Gasteiger partial charge >= 0.3 is 5.97 Å². The first-order chi connectivity index (χ1) is 9.77. The van der Waals surface area contributed by atoms with Gasteiger partial charge in [0.2, 0.25) is 0 Å². The molecule has 0 aliphatic heterocycles. The van der Waals surface area contributed by atoms with Gasteiger partial charge in [0.15, 0.2) is 0 Å². The predicted octanol–water partition coefficient (Wildman–Crippen LogP) is 2.83. The van der Waals surface area contributed by atoms with Gasteiger partial charge in [0, 0.05) is 11.4 Å². The Labute approximate surface area is 123 Å². The van der Waals surface area contributed by atoms with Gasteiger partial charge in [-0.3, -0.25) is 9.59 Å². The van der Waals surface area contributed by atoms with Crippen molar-refractivity contribution < 1.29 is 9.90 Å². The number of aliphatic carboxylic acids is 1. The van der Waals surface area contributed by atoms with E-state index in [4.69, 9.17) is 5.11 Å². The Morgan fingerprint density at radius 1 is 1.33 bits per heavy atom. The number of hydrogen-bond donors (Lipinski definition) is 3. The van der Waals surface area contributed by atoms with Gasteiger partial charge in [-0.25, -0.2) is 0 Å². The Morgan fingerprint density at radius 3 is 2.62 bits per heavy atom. The van der Waals surface area contributed by atoms with Gasteiger partial charge in [0.05, 0.1) is 6.42 Å². The summed E-state index contributed by atoms with van der Waals surface area (Å²) in [7, 11) is 0. The molecule has 21 heavy (non-hydrogen) atoms. The molecule has 1 heterocycles. The number of aromatic nitrogens is 1. The fraction of sp³-hybridized carbons (Fsp3) is 0.375. The van der Waals surface area contributed by atoms with E-state index in [1.165, 1.54) is 0 Å². The van der Waals surface area contributed by atoms with Gasteiger partial charge in [0.25, 0.3) is 5.56 Å². The van der Waals surface area contributed by atoms with Crippen LogP contribution in [-0.4, -0.2) is 22.1 Å². The van der Waals surface area contributed by atoms with Crippen molar-refractivity contribution in [1.29, 1.82) is 0 Å². The number of rotatable bonds is 4. The summed E-state index contributed by atoms with van der Waals surface area (Å²) in [6, 6.07) is 8.84. The molecule has 1 aromatic heterocycles. The zero-order chi connectivity index (χ0) is 15.6.